The van der Waals surface area contributed by atoms with E-state index in [1.54, 1.807) is 4.91 Å². The highest BCUT2D eigenvalue weighted by Crippen LogP contribution is 2.60. The van der Waals surface area contributed by atoms with Crippen LogP contribution in [0.25, 0.3) is 10.4 Å². The molecule has 0 bridgehead atoms. The van der Waals surface area contributed by atoms with Crippen LogP contribution in [0.5, 0.6) is 0 Å². The summed E-state index contributed by atoms with van der Waals surface area (Å²) < 4.78 is 487. The molecule has 0 aromatic carbocycles. The molecule has 0 radical (unpaired) electrons. The zero-order valence-corrected chi connectivity index (χ0v) is 37.9. The van der Waals surface area contributed by atoms with Crippen LogP contribution in [0.4, 0.5) is 163 Å². The van der Waals surface area contributed by atoms with Gasteiger partial charge in [0.25, 0.3) is 0 Å². The van der Waals surface area contributed by atoms with Crippen molar-refractivity contribution >= 4 is 18.0 Å². The Morgan fingerprint density at radius 1 is 0.390 bits per heavy atom. The third kappa shape index (κ3) is 16.2. The molecule has 0 aliphatic carbocycles. The summed E-state index contributed by atoms with van der Waals surface area (Å²) >= 11 is 0. The number of carboxylic acid groups (broad SMARTS) is 2. The van der Waals surface area contributed by atoms with Gasteiger partial charge in [0.05, 0.1) is 26.4 Å². The van der Waals surface area contributed by atoms with Gasteiger partial charge in [-0.15, -0.1) is 0 Å². The number of nitrogens with one attached hydrogen (secondary N) is 1. The Balaban J connectivity index is -0.00000152. The van der Waals surface area contributed by atoms with Gasteiger partial charge in [-0.05, 0) is 26.3 Å². The second-order valence-electron chi connectivity index (χ2n) is 16.3. The van der Waals surface area contributed by atoms with E-state index in [0.717, 1.165) is 26.1 Å². The van der Waals surface area contributed by atoms with Gasteiger partial charge < -0.3 is 39.2 Å². The molecule has 0 spiro atoms. The van der Waals surface area contributed by atoms with E-state index in [4.69, 9.17) is 10.6 Å². The zero-order valence-electron chi connectivity index (χ0n) is 37.9. The predicted molar refractivity (Wildman–Crippen MR) is 183 cm³/mol. The number of azide groups is 1. The van der Waals surface area contributed by atoms with Crippen LogP contribution in [0.1, 0.15) is 28.2 Å². The van der Waals surface area contributed by atoms with Crippen LogP contribution in [0.3, 0.4) is 0 Å². The first kappa shape index (κ1) is 81.1. The molecule has 0 unspecified atom stereocenters. The maximum atomic E-state index is 13.2. The van der Waals surface area contributed by atoms with Gasteiger partial charge in [-0.3, -0.25) is 9.59 Å². The number of hydrogen-bond acceptors (Lipinski definition) is 9. The average molecular weight is 1310 g/mol. The van der Waals surface area contributed by atoms with Crippen LogP contribution in [0.15, 0.2) is 5.11 Å². The van der Waals surface area contributed by atoms with Crippen molar-refractivity contribution in [2.24, 2.45) is 15.9 Å². The molecule has 0 fully saturated rings. The Kier molecular flexibility index (Phi) is 24.2. The van der Waals surface area contributed by atoms with Gasteiger partial charge in [-0.1, -0.05) is 12.5 Å². The number of alkyl halides is 36. The van der Waals surface area contributed by atoms with Crippen molar-refractivity contribution in [1.29, 1.82) is 0 Å². The standard InChI is InChI=1S/C18H17F18NO6.C13H7F18N3O4.CH4/c1-9(2,3)43-8(40)37-4-10(7(38)39,5-41-11(13(19,20)21,14(22,23)24)15(25,26)27)6-42-12(16(28,29)30,17(31,32)33)18(34,35)36;14-8(15,16)6(9(17,18)19,10(20,21)22)37-2-5(4(35)36,1-33-34-32)3-38-7(11(23,24)25,12(26,27)28)13(29,30)31;/h4-6H2,1-3H3,(H,37,40)(H,38,39);1-3H2,(H,35,36);1H4. The van der Waals surface area contributed by atoms with E-state index in [2.05, 4.69) is 28.8 Å². The van der Waals surface area contributed by atoms with E-state index >= 15 is 0 Å². The van der Waals surface area contributed by atoms with Crippen LogP contribution in [0, 0.1) is 10.8 Å². The van der Waals surface area contributed by atoms with Crippen LogP contribution in [0.2, 0.25) is 0 Å². The summed E-state index contributed by atoms with van der Waals surface area (Å²) in [7, 11) is 0. The van der Waals surface area contributed by atoms with Crippen molar-refractivity contribution in [1.82, 2.24) is 5.32 Å². The normalized spacial score (nSPS) is 15.2. The molecule has 3 N–H and O–H groups in total. The molecule has 82 heavy (non-hydrogen) atoms. The lowest BCUT2D eigenvalue weighted by Crippen LogP contribution is -2.70. The monoisotopic (exact) mass is 1310 g/mol. The number of halogens is 36. The molecule has 0 atom stereocenters. The summed E-state index contributed by atoms with van der Waals surface area (Å²) in [5, 5.41) is 21.5. The van der Waals surface area contributed by atoms with E-state index in [9.17, 15) is 178 Å². The highest BCUT2D eigenvalue weighted by molar-refractivity contribution is 5.77. The van der Waals surface area contributed by atoms with Crippen molar-refractivity contribution in [2.45, 2.75) is 130 Å². The number of rotatable bonds is 18. The molecule has 0 aromatic heterocycles. The Labute approximate surface area is 426 Å². The predicted octanol–water partition coefficient (Wildman–Crippen LogP) is 13.4. The smallest absolute Gasteiger partial charge is 0.435 e. The molecule has 50 heteroatoms. The van der Waals surface area contributed by atoms with Crippen LogP contribution >= 0.6 is 0 Å². The molecule has 0 aliphatic heterocycles. The van der Waals surface area contributed by atoms with E-state index in [-0.39, 0.29) is 7.43 Å². The quantitative estimate of drug-likeness (QED) is 0.0514. The fraction of sp³-hybridized carbons (Fsp3) is 0.906. The second kappa shape index (κ2) is 24.4. The van der Waals surface area contributed by atoms with Gasteiger partial charge in [-0.2, -0.15) is 158 Å². The Bertz CT molecular complexity index is 1930. The molecule has 0 saturated heterocycles. The molecular weight excluding hydrogens is 1280 g/mol. The number of aliphatic carboxylic acids is 2. The summed E-state index contributed by atoms with van der Waals surface area (Å²) in [5.74, 6) is -6.60. The lowest BCUT2D eigenvalue weighted by atomic mass is 9.88. The van der Waals surface area contributed by atoms with Gasteiger partial charge in [0.2, 0.25) is 0 Å². The highest BCUT2D eigenvalue weighted by Gasteiger charge is 2.89. The fourth-order valence-corrected chi connectivity index (χ4v) is 5.29. The topological polar surface area (TPSA) is 199 Å². The third-order valence-corrected chi connectivity index (χ3v) is 9.36. The van der Waals surface area contributed by atoms with Gasteiger partial charge in [0.1, 0.15) is 16.4 Å². The van der Waals surface area contributed by atoms with Crippen molar-refractivity contribution in [3.05, 3.63) is 10.4 Å². The summed E-state index contributed by atoms with van der Waals surface area (Å²) in [5.41, 5.74) is -32.3. The minimum absolute atomic E-state index is 0. The Hall–Kier alpha value is -5.16. The largest absolute Gasteiger partial charge is 0.481 e. The van der Waals surface area contributed by atoms with Crippen LogP contribution in [-0.2, 0) is 33.3 Å². The minimum Gasteiger partial charge on any atom is -0.481 e. The first-order chi connectivity index (χ1) is 34.9. The zero-order chi connectivity index (χ0) is 66.1. The lowest BCUT2D eigenvalue weighted by molar-refractivity contribution is -0.467. The molecule has 0 rings (SSSR count). The molecule has 1 amide bonds. The number of amides is 1. The number of ether oxygens (including phenoxy) is 5. The molecule has 0 heterocycles. The number of carbonyl (C=O) groups excluding carboxylic acids is 1. The van der Waals surface area contributed by atoms with E-state index < -0.39 is 170 Å². The first-order valence-corrected chi connectivity index (χ1v) is 18.7. The third-order valence-electron chi connectivity index (χ3n) is 9.36. The lowest BCUT2D eigenvalue weighted by Gasteiger charge is -2.42. The van der Waals surface area contributed by atoms with Crippen molar-refractivity contribution < 1.29 is 206 Å². The molecule has 0 saturated carbocycles. The fourth-order valence-electron chi connectivity index (χ4n) is 5.29. The van der Waals surface area contributed by atoms with Crippen molar-refractivity contribution in [3.63, 3.8) is 0 Å². The SMILES string of the molecule is C.CC(C)(C)OC(=O)NCC(COC(C(F)(F)F)(C(F)(F)F)C(F)(F)F)(COC(C(F)(F)F)(C(F)(F)F)C(F)(F)F)C(=O)O.[N-]=[N+]=NCC(COC(C(F)(F)F)(C(F)(F)F)C(F)(F)F)(COC(C(F)(F)F)(C(F)(F)F)C(F)(F)F)C(=O)O. The molecule has 488 valence electrons. The van der Waals surface area contributed by atoms with Gasteiger partial charge >= 0.3 is 115 Å². The Morgan fingerprint density at radius 2 is 0.573 bits per heavy atom. The van der Waals surface area contributed by atoms with Gasteiger partial charge in [0, 0.05) is 18.0 Å². The van der Waals surface area contributed by atoms with Crippen molar-refractivity contribution in [2.75, 3.05) is 39.5 Å². The molecule has 14 nitrogen and oxygen atoms in total. The van der Waals surface area contributed by atoms with E-state index in [1.807, 2.05) is 0 Å². The summed E-state index contributed by atoms with van der Waals surface area (Å²) in [6.07, 6.45) is -93.7. The van der Waals surface area contributed by atoms with Gasteiger partial charge in [-0.25, -0.2) is 4.79 Å². The first-order valence-electron chi connectivity index (χ1n) is 18.7. The maximum Gasteiger partial charge on any atom is 0.435 e. The number of nitrogens with zero attached hydrogens (tertiary/aromatic N) is 3. The second-order valence-corrected chi connectivity index (χ2v) is 16.3. The molecular formula is C32H28F36N4O10. The van der Waals surface area contributed by atoms with E-state index in [1.165, 1.54) is 0 Å². The average Bonchev–Trinajstić information content (AvgIpc) is 3.11. The van der Waals surface area contributed by atoms with Crippen LogP contribution in [-0.4, -0.2) is 170 Å². The number of hydrogen-bond donors (Lipinski definition) is 3. The van der Waals surface area contributed by atoms with Crippen LogP contribution < -0.4 is 5.32 Å². The Morgan fingerprint density at radius 3 is 0.720 bits per heavy atom. The number of alkyl carbamates (subject to hydrolysis) is 1. The molecule has 0 aliphatic rings. The number of carboxylic acids is 2. The summed E-state index contributed by atoms with van der Waals surface area (Å²) in [6, 6.07) is 0. The highest BCUT2D eigenvalue weighted by atomic mass is 19.5. The van der Waals surface area contributed by atoms with Crippen molar-refractivity contribution in [3.8, 4) is 0 Å². The maximum absolute atomic E-state index is 13.2. The molecule has 0 aromatic rings. The summed E-state index contributed by atoms with van der Waals surface area (Å²) in [4.78, 5) is 36.6. The van der Waals surface area contributed by atoms with E-state index in [0.29, 0.717) is 0 Å². The van der Waals surface area contributed by atoms with Gasteiger partial charge in [0.15, 0.2) is 0 Å². The number of carbonyl (C=O) groups is 3. The minimum atomic E-state index is -7.65. The summed E-state index contributed by atoms with van der Waals surface area (Å²) in [6.45, 7) is -15.5.